The zero-order valence-electron chi connectivity index (χ0n) is 31.4. The molecule has 0 saturated carbocycles. The summed E-state index contributed by atoms with van der Waals surface area (Å²) < 4.78 is 6.06. The Morgan fingerprint density at radius 3 is 2.40 bits per heavy atom. The number of anilines is 1. The molecule has 1 aliphatic heterocycles. The normalized spacial score (nSPS) is 13.7. The summed E-state index contributed by atoms with van der Waals surface area (Å²) in [6.45, 7) is 8.04. The van der Waals surface area contributed by atoms with Gasteiger partial charge in [0.05, 0.1) is 34.7 Å². The molecular formula is C42H47ClN6O4S2. The summed E-state index contributed by atoms with van der Waals surface area (Å²) in [5.41, 5.74) is 5.45. The highest BCUT2D eigenvalue weighted by molar-refractivity contribution is 8.02. The first-order valence-corrected chi connectivity index (χ1v) is 20.7. The Hall–Kier alpha value is -4.62. The third-order valence-corrected chi connectivity index (χ3v) is 12.0. The molecule has 1 aliphatic rings. The number of amides is 3. The molecule has 288 valence electrons. The van der Waals surface area contributed by atoms with Crippen molar-refractivity contribution in [3.8, 4) is 5.69 Å². The van der Waals surface area contributed by atoms with Gasteiger partial charge in [-0.25, -0.2) is 4.68 Å². The zero-order valence-corrected chi connectivity index (χ0v) is 33.8. The highest BCUT2D eigenvalue weighted by atomic mass is 35.5. The third kappa shape index (κ3) is 9.80. The number of nitrogens with zero attached hydrogens (tertiary/aromatic N) is 4. The van der Waals surface area contributed by atoms with Gasteiger partial charge in [-0.05, 0) is 110 Å². The number of nitrogens with one attached hydrogen (secondary N) is 2. The molecule has 1 atom stereocenters. The molecular weight excluding hydrogens is 752 g/mol. The van der Waals surface area contributed by atoms with Gasteiger partial charge in [0.2, 0.25) is 0 Å². The average Bonchev–Trinajstić information content (AvgIpc) is 3.84. The van der Waals surface area contributed by atoms with Gasteiger partial charge < -0.3 is 24.9 Å². The molecule has 6 rings (SSSR count). The second-order valence-electron chi connectivity index (χ2n) is 13.7. The van der Waals surface area contributed by atoms with Gasteiger partial charge in [-0.3, -0.25) is 14.4 Å². The van der Waals surface area contributed by atoms with Crippen LogP contribution in [0.5, 0.6) is 0 Å². The van der Waals surface area contributed by atoms with Gasteiger partial charge in [0.25, 0.3) is 17.7 Å². The summed E-state index contributed by atoms with van der Waals surface area (Å²) >= 11 is 8.92. The maximum Gasteiger partial charge on any atom is 0.274 e. The Morgan fingerprint density at radius 2 is 1.69 bits per heavy atom. The topological polar surface area (TPSA) is 120 Å². The zero-order chi connectivity index (χ0) is 38.9. The van der Waals surface area contributed by atoms with Crippen LogP contribution in [0.15, 0.2) is 89.1 Å². The number of halogens is 1. The molecule has 0 unspecified atom stereocenters. The van der Waals surface area contributed by atoms with Crippen molar-refractivity contribution >= 4 is 58.3 Å². The summed E-state index contributed by atoms with van der Waals surface area (Å²) in [6.07, 6.45) is 4.35. The summed E-state index contributed by atoms with van der Waals surface area (Å²) in [4.78, 5) is 45.6. The van der Waals surface area contributed by atoms with Crippen molar-refractivity contribution < 1.29 is 19.5 Å². The van der Waals surface area contributed by atoms with Crippen molar-refractivity contribution in [3.05, 3.63) is 128 Å². The first-order chi connectivity index (χ1) is 26.7. The molecule has 13 heteroatoms. The molecule has 0 saturated heterocycles. The number of aliphatic hydroxyl groups is 1. The van der Waals surface area contributed by atoms with Crippen LogP contribution in [0.4, 0.5) is 5.69 Å². The van der Waals surface area contributed by atoms with E-state index in [1.165, 1.54) is 11.9 Å². The molecule has 10 nitrogen and oxygen atoms in total. The van der Waals surface area contributed by atoms with Gasteiger partial charge in [0.15, 0.2) is 5.69 Å². The molecule has 3 heterocycles. The summed E-state index contributed by atoms with van der Waals surface area (Å²) in [7, 11) is 0. The van der Waals surface area contributed by atoms with Crippen molar-refractivity contribution in [1.29, 1.82) is 0 Å². The largest absolute Gasteiger partial charge is 0.394 e. The average molecular weight is 799 g/mol. The number of thiophene rings is 1. The predicted octanol–water partition coefficient (Wildman–Crippen LogP) is 8.55. The number of carbonyl (C=O) groups is 3. The molecule has 3 aromatic carbocycles. The van der Waals surface area contributed by atoms with E-state index in [0.717, 1.165) is 51.6 Å². The van der Waals surface area contributed by atoms with Crippen LogP contribution in [-0.2, 0) is 19.5 Å². The molecule has 3 N–H and O–H groups in total. The van der Waals surface area contributed by atoms with Gasteiger partial charge >= 0.3 is 0 Å². The van der Waals surface area contributed by atoms with Gasteiger partial charge in [0, 0.05) is 46.5 Å². The Balaban J connectivity index is 1.25. The molecule has 5 aromatic rings. The highest BCUT2D eigenvalue weighted by Crippen LogP contribution is 2.32. The minimum absolute atomic E-state index is 0.112. The Morgan fingerprint density at radius 1 is 0.964 bits per heavy atom. The number of aromatic nitrogens is 2. The SMILES string of the molecule is CCCCN(CCCC)C(=O)c1cc(C)n(-c2ccc(NSc3ccc(CNC(=O)c4ccc(Cl)cc4)s3)cc2C(=O)N2Cc3ccccc3C[C@H]2CO)n1. The fourth-order valence-electron chi connectivity index (χ4n) is 6.58. The molecule has 55 heavy (non-hydrogen) atoms. The lowest BCUT2D eigenvalue weighted by Gasteiger charge is -2.36. The van der Waals surface area contributed by atoms with Crippen LogP contribution >= 0.6 is 34.9 Å². The van der Waals surface area contributed by atoms with Crippen molar-refractivity contribution in [2.75, 3.05) is 24.4 Å². The number of aryl methyl sites for hydroxylation is 1. The lowest BCUT2D eigenvalue weighted by Crippen LogP contribution is -2.46. The van der Waals surface area contributed by atoms with Crippen molar-refractivity contribution in [2.24, 2.45) is 0 Å². The van der Waals surface area contributed by atoms with Crippen LogP contribution in [0, 0.1) is 6.92 Å². The molecule has 2 aromatic heterocycles. The van der Waals surface area contributed by atoms with Crippen molar-refractivity contribution in [3.63, 3.8) is 0 Å². The fourth-order valence-corrected chi connectivity index (χ4v) is 8.48. The van der Waals surface area contributed by atoms with E-state index in [2.05, 4.69) is 23.9 Å². The van der Waals surface area contributed by atoms with Gasteiger partial charge in [0.1, 0.15) is 0 Å². The number of hydrogen-bond donors (Lipinski definition) is 3. The minimum Gasteiger partial charge on any atom is -0.394 e. The standard InChI is InChI=1S/C42H47ClN6O4S2/c1-4-6-20-47(21-7-5-2)42(53)37-22-28(3)49(45-37)38-18-16-33(24-36(38)41(52)48-26-31-11-9-8-10-30(31)23-34(48)27-50)46-55-39-19-17-35(54-39)25-44-40(51)29-12-14-32(43)15-13-29/h8-19,22,24,34,46,50H,4-7,20-21,23,25-27H2,1-3H3,(H,44,51)/t34-/m0/s1. The third-order valence-electron chi connectivity index (χ3n) is 9.68. The van der Waals surface area contributed by atoms with Crippen LogP contribution in [-0.4, -0.2) is 68.1 Å². The molecule has 0 fully saturated rings. The van der Waals surface area contributed by atoms with Crippen LogP contribution in [0.3, 0.4) is 0 Å². The second kappa shape index (κ2) is 18.8. The van der Waals surface area contributed by atoms with Crippen LogP contribution in [0.2, 0.25) is 5.02 Å². The summed E-state index contributed by atoms with van der Waals surface area (Å²) in [5, 5.41) is 18.8. The van der Waals surface area contributed by atoms with Crippen molar-refractivity contribution in [2.45, 2.75) is 76.2 Å². The minimum atomic E-state index is -0.396. The lowest BCUT2D eigenvalue weighted by molar-refractivity contribution is 0.0544. The summed E-state index contributed by atoms with van der Waals surface area (Å²) in [6, 6.07) is 25.7. The molecule has 3 amide bonds. The van der Waals surface area contributed by atoms with E-state index in [-0.39, 0.29) is 24.3 Å². The van der Waals surface area contributed by atoms with Crippen LogP contribution < -0.4 is 10.0 Å². The van der Waals surface area contributed by atoms with Gasteiger partial charge in [-0.15, -0.1) is 11.3 Å². The van der Waals surface area contributed by atoms with Crippen LogP contribution in [0.1, 0.15) is 92.4 Å². The van der Waals surface area contributed by atoms with E-state index < -0.39 is 6.04 Å². The van der Waals surface area contributed by atoms with Crippen molar-refractivity contribution in [1.82, 2.24) is 24.9 Å². The first-order valence-electron chi connectivity index (χ1n) is 18.7. The first kappa shape index (κ1) is 40.1. The van der Waals surface area contributed by atoms with E-state index in [1.54, 1.807) is 51.3 Å². The predicted molar refractivity (Wildman–Crippen MR) is 221 cm³/mol. The van der Waals surface area contributed by atoms with E-state index >= 15 is 0 Å². The second-order valence-corrected chi connectivity index (χ2v) is 16.4. The lowest BCUT2D eigenvalue weighted by atomic mass is 9.93. The number of fused-ring (bicyclic) bond motifs is 1. The van der Waals surface area contributed by atoms with E-state index in [0.29, 0.717) is 65.8 Å². The van der Waals surface area contributed by atoms with Gasteiger partial charge in [-0.1, -0.05) is 62.6 Å². The highest BCUT2D eigenvalue weighted by Gasteiger charge is 2.32. The monoisotopic (exact) mass is 798 g/mol. The van der Waals surface area contributed by atoms with E-state index in [1.807, 2.05) is 66.4 Å². The summed E-state index contributed by atoms with van der Waals surface area (Å²) in [5.74, 6) is -0.522. The number of aliphatic hydroxyl groups excluding tert-OH is 1. The quantitative estimate of drug-likeness (QED) is 0.0857. The molecule has 0 radical (unpaired) electrons. The fraction of sp³-hybridized carbons (Fsp3) is 0.333. The number of carbonyl (C=O) groups excluding carboxylic acids is 3. The van der Waals surface area contributed by atoms with E-state index in [4.69, 9.17) is 16.7 Å². The van der Waals surface area contributed by atoms with E-state index in [9.17, 15) is 19.5 Å². The van der Waals surface area contributed by atoms with Gasteiger partial charge in [-0.2, -0.15) is 5.10 Å². The number of rotatable bonds is 16. The maximum absolute atomic E-state index is 14.7. The Labute approximate surface area is 336 Å². The number of unbranched alkanes of at least 4 members (excludes halogenated alkanes) is 2. The molecule has 0 bridgehead atoms. The van der Waals surface area contributed by atoms with Crippen LogP contribution in [0.25, 0.3) is 5.69 Å². The smallest absolute Gasteiger partial charge is 0.274 e. The maximum atomic E-state index is 14.7. The Kier molecular flexibility index (Phi) is 13.7. The number of benzene rings is 3. The number of hydrogen-bond acceptors (Lipinski definition) is 8. The molecule has 0 aliphatic carbocycles. The Bertz CT molecular complexity index is 2110. The molecule has 0 spiro atoms.